The van der Waals surface area contributed by atoms with Crippen LogP contribution in [0.4, 0.5) is 0 Å². The van der Waals surface area contributed by atoms with Crippen LogP contribution in [0, 0.1) is 13.8 Å². The van der Waals surface area contributed by atoms with Crippen molar-refractivity contribution in [1.82, 2.24) is 15.1 Å². The standard InChI is InChI=1S/C11H17N3O3S/c1-8-5-9(2)14(13-8)6-11(15)12-10-3-4-18(16,17)7-10/h5,10H,3-4,6-7H2,1-2H3,(H,12,15)/t10-/m1/s1. The SMILES string of the molecule is Cc1cc(C)n(CC(=O)N[C@@H]2CCS(=O)(=O)C2)n1. The number of hydrogen-bond donors (Lipinski definition) is 1. The van der Waals surface area contributed by atoms with Crippen molar-refractivity contribution in [1.29, 1.82) is 0 Å². The molecule has 1 aliphatic heterocycles. The highest BCUT2D eigenvalue weighted by Gasteiger charge is 2.28. The molecule has 0 aliphatic carbocycles. The number of sulfone groups is 1. The molecule has 1 N–H and O–H groups in total. The first-order valence-electron chi connectivity index (χ1n) is 5.86. The highest BCUT2D eigenvalue weighted by Crippen LogP contribution is 2.11. The zero-order valence-corrected chi connectivity index (χ0v) is 11.3. The number of aryl methyl sites for hydroxylation is 2. The quantitative estimate of drug-likeness (QED) is 0.825. The molecule has 0 bridgehead atoms. The van der Waals surface area contributed by atoms with Crippen molar-refractivity contribution in [2.45, 2.75) is 32.9 Å². The van der Waals surface area contributed by atoms with Gasteiger partial charge in [0.25, 0.3) is 0 Å². The Morgan fingerprint density at radius 1 is 1.56 bits per heavy atom. The predicted octanol–water partition coefficient (Wildman–Crippen LogP) is -0.197. The van der Waals surface area contributed by atoms with Crippen LogP contribution in [0.3, 0.4) is 0 Å². The molecule has 0 aromatic carbocycles. The van der Waals surface area contributed by atoms with E-state index in [1.165, 1.54) is 0 Å². The van der Waals surface area contributed by atoms with E-state index in [-0.39, 0.29) is 30.0 Å². The first-order valence-corrected chi connectivity index (χ1v) is 7.69. The summed E-state index contributed by atoms with van der Waals surface area (Å²) in [5.41, 5.74) is 1.78. The van der Waals surface area contributed by atoms with E-state index in [1.807, 2.05) is 19.9 Å². The topological polar surface area (TPSA) is 81.1 Å². The molecule has 2 heterocycles. The van der Waals surface area contributed by atoms with E-state index in [9.17, 15) is 13.2 Å². The van der Waals surface area contributed by atoms with Crippen molar-refractivity contribution in [3.63, 3.8) is 0 Å². The van der Waals surface area contributed by atoms with Gasteiger partial charge in [-0.15, -0.1) is 0 Å². The van der Waals surface area contributed by atoms with Gasteiger partial charge in [0.15, 0.2) is 9.84 Å². The van der Waals surface area contributed by atoms with E-state index in [0.717, 1.165) is 11.4 Å². The minimum absolute atomic E-state index is 0.0514. The average molecular weight is 271 g/mol. The van der Waals surface area contributed by atoms with E-state index in [4.69, 9.17) is 0 Å². The lowest BCUT2D eigenvalue weighted by Gasteiger charge is -2.11. The Kier molecular flexibility index (Phi) is 3.43. The number of nitrogens with one attached hydrogen (secondary N) is 1. The fraction of sp³-hybridized carbons (Fsp3) is 0.636. The van der Waals surface area contributed by atoms with Crippen LogP contribution in [0.1, 0.15) is 17.8 Å². The van der Waals surface area contributed by atoms with Crippen LogP contribution in [-0.4, -0.2) is 41.7 Å². The summed E-state index contributed by atoms with van der Waals surface area (Å²) in [5, 5.41) is 6.93. The maximum atomic E-state index is 11.8. The Labute approximate surface area is 106 Å². The van der Waals surface area contributed by atoms with Crippen molar-refractivity contribution in [3.8, 4) is 0 Å². The molecule has 1 aromatic heterocycles. The maximum Gasteiger partial charge on any atom is 0.241 e. The van der Waals surface area contributed by atoms with Crippen LogP contribution in [0.2, 0.25) is 0 Å². The third kappa shape index (κ3) is 3.10. The molecule has 0 unspecified atom stereocenters. The Balaban J connectivity index is 1.92. The van der Waals surface area contributed by atoms with E-state index in [1.54, 1.807) is 4.68 Å². The minimum Gasteiger partial charge on any atom is -0.351 e. The molecule has 100 valence electrons. The molecular formula is C11H17N3O3S. The molecule has 18 heavy (non-hydrogen) atoms. The second-order valence-corrected chi connectivity index (χ2v) is 6.98. The van der Waals surface area contributed by atoms with Gasteiger partial charge in [0, 0.05) is 11.7 Å². The predicted molar refractivity (Wildman–Crippen MR) is 66.9 cm³/mol. The second-order valence-electron chi connectivity index (χ2n) is 4.75. The fourth-order valence-corrected chi connectivity index (χ4v) is 3.83. The number of nitrogens with zero attached hydrogens (tertiary/aromatic N) is 2. The summed E-state index contributed by atoms with van der Waals surface area (Å²) in [5.74, 6) is 0.0246. The first kappa shape index (κ1) is 13.1. The average Bonchev–Trinajstić information content (AvgIpc) is 2.70. The number of hydrogen-bond acceptors (Lipinski definition) is 4. The molecule has 1 saturated heterocycles. The van der Waals surface area contributed by atoms with Crippen LogP contribution in [0.25, 0.3) is 0 Å². The summed E-state index contributed by atoms with van der Waals surface area (Å²) in [6.07, 6.45) is 0.505. The summed E-state index contributed by atoms with van der Waals surface area (Å²) >= 11 is 0. The number of carbonyl (C=O) groups excluding carboxylic acids is 1. The van der Waals surface area contributed by atoms with Crippen molar-refractivity contribution < 1.29 is 13.2 Å². The summed E-state index contributed by atoms with van der Waals surface area (Å²) in [4.78, 5) is 11.8. The maximum absolute atomic E-state index is 11.8. The zero-order chi connectivity index (χ0) is 13.3. The first-order chi connectivity index (χ1) is 8.35. The van der Waals surface area contributed by atoms with E-state index in [2.05, 4.69) is 10.4 Å². The smallest absolute Gasteiger partial charge is 0.241 e. The molecule has 1 aliphatic rings. The second kappa shape index (κ2) is 4.72. The number of rotatable bonds is 3. The van der Waals surface area contributed by atoms with E-state index >= 15 is 0 Å². The monoisotopic (exact) mass is 271 g/mol. The highest BCUT2D eigenvalue weighted by atomic mass is 32.2. The summed E-state index contributed by atoms with van der Waals surface area (Å²) in [6, 6.07) is 1.65. The van der Waals surface area contributed by atoms with Gasteiger partial charge in [0.05, 0.1) is 17.2 Å². The lowest BCUT2D eigenvalue weighted by molar-refractivity contribution is -0.122. The molecule has 0 radical (unpaired) electrons. The summed E-state index contributed by atoms with van der Waals surface area (Å²) < 4.78 is 24.2. The number of aromatic nitrogens is 2. The highest BCUT2D eigenvalue weighted by molar-refractivity contribution is 7.91. The molecule has 6 nitrogen and oxygen atoms in total. The van der Waals surface area contributed by atoms with Gasteiger partial charge in [-0.2, -0.15) is 5.10 Å². The van der Waals surface area contributed by atoms with Crippen molar-refractivity contribution in [2.75, 3.05) is 11.5 Å². The zero-order valence-electron chi connectivity index (χ0n) is 10.5. The molecule has 1 aromatic rings. The Hall–Kier alpha value is -1.37. The normalized spacial score (nSPS) is 22.0. The van der Waals surface area contributed by atoms with Crippen LogP contribution in [0.15, 0.2) is 6.07 Å². The number of amides is 1. The Morgan fingerprint density at radius 2 is 2.28 bits per heavy atom. The molecule has 1 atom stereocenters. The minimum atomic E-state index is -2.96. The van der Waals surface area contributed by atoms with Crippen LogP contribution < -0.4 is 5.32 Å². The fourth-order valence-electron chi connectivity index (χ4n) is 2.15. The van der Waals surface area contributed by atoms with Gasteiger partial charge in [-0.3, -0.25) is 9.48 Å². The van der Waals surface area contributed by atoms with Gasteiger partial charge in [-0.1, -0.05) is 0 Å². The largest absolute Gasteiger partial charge is 0.351 e. The van der Waals surface area contributed by atoms with Gasteiger partial charge in [-0.05, 0) is 26.3 Å². The molecule has 2 rings (SSSR count). The summed E-state index contributed by atoms with van der Waals surface area (Å²) in [7, 11) is -2.96. The van der Waals surface area contributed by atoms with Gasteiger partial charge >= 0.3 is 0 Å². The van der Waals surface area contributed by atoms with Gasteiger partial charge in [0.1, 0.15) is 6.54 Å². The van der Waals surface area contributed by atoms with Crippen LogP contribution >= 0.6 is 0 Å². The van der Waals surface area contributed by atoms with Crippen molar-refractivity contribution in [2.24, 2.45) is 0 Å². The third-order valence-electron chi connectivity index (χ3n) is 2.99. The molecule has 0 saturated carbocycles. The molecular weight excluding hydrogens is 254 g/mol. The number of carbonyl (C=O) groups is 1. The van der Waals surface area contributed by atoms with Gasteiger partial charge < -0.3 is 5.32 Å². The molecule has 1 fully saturated rings. The lowest BCUT2D eigenvalue weighted by Crippen LogP contribution is -2.38. The Morgan fingerprint density at radius 3 is 2.78 bits per heavy atom. The van der Waals surface area contributed by atoms with Crippen LogP contribution in [0.5, 0.6) is 0 Å². The lowest BCUT2D eigenvalue weighted by atomic mass is 10.2. The van der Waals surface area contributed by atoms with Crippen molar-refractivity contribution >= 4 is 15.7 Å². The van der Waals surface area contributed by atoms with E-state index < -0.39 is 9.84 Å². The van der Waals surface area contributed by atoms with Gasteiger partial charge in [-0.25, -0.2) is 8.42 Å². The molecule has 7 heteroatoms. The van der Waals surface area contributed by atoms with Crippen molar-refractivity contribution in [3.05, 3.63) is 17.5 Å². The van der Waals surface area contributed by atoms with Gasteiger partial charge in [0.2, 0.25) is 5.91 Å². The molecule has 0 spiro atoms. The summed E-state index contributed by atoms with van der Waals surface area (Å²) in [6.45, 7) is 3.88. The molecule has 1 amide bonds. The Bertz CT molecular complexity index is 562. The third-order valence-corrected chi connectivity index (χ3v) is 4.76. The van der Waals surface area contributed by atoms with Crippen LogP contribution in [-0.2, 0) is 21.2 Å². The van der Waals surface area contributed by atoms with E-state index in [0.29, 0.717) is 6.42 Å².